The summed E-state index contributed by atoms with van der Waals surface area (Å²) in [7, 11) is -2.49. The van der Waals surface area contributed by atoms with Crippen molar-refractivity contribution in [3.8, 4) is 12.1 Å². The Balaban J connectivity index is 1.56. The molecule has 0 unspecified atom stereocenters. The maximum absolute atomic E-state index is 9.77. The zero-order valence-electron chi connectivity index (χ0n) is 35.2. The Morgan fingerprint density at radius 1 is 0.397 bits per heavy atom. The first-order chi connectivity index (χ1) is 27.6. The van der Waals surface area contributed by atoms with E-state index in [2.05, 4.69) is 184 Å². The van der Waals surface area contributed by atoms with Gasteiger partial charge in [0.05, 0.1) is 34.6 Å². The molecule has 0 saturated heterocycles. The highest BCUT2D eigenvalue weighted by atomic mass is 32.3. The van der Waals surface area contributed by atoms with E-state index < -0.39 is 20.1 Å². The van der Waals surface area contributed by atoms with Crippen LogP contribution in [-0.4, -0.2) is 37.5 Å². The number of nitrogens with zero attached hydrogens (tertiary/aromatic N) is 4. The second kappa shape index (κ2) is 14.5. The summed E-state index contributed by atoms with van der Waals surface area (Å²) < 4.78 is 0. The van der Waals surface area contributed by atoms with Crippen LogP contribution in [0.4, 0.5) is 34.1 Å². The molecule has 290 valence electrons. The van der Waals surface area contributed by atoms with Gasteiger partial charge in [0.15, 0.2) is 0 Å². The first kappa shape index (κ1) is 38.9. The fraction of sp³-hybridized carbons (Fsp3) is 0.192. The van der Waals surface area contributed by atoms with Crippen molar-refractivity contribution >= 4 is 86.5 Å². The molecule has 0 spiro atoms. The normalized spacial score (nSPS) is 12.5. The lowest BCUT2D eigenvalue weighted by Gasteiger charge is -2.36. The van der Waals surface area contributed by atoms with E-state index in [1.807, 2.05) is 24.3 Å². The smallest absolute Gasteiger partial charge is 0.0991 e. The Hall–Kier alpha value is -5.92. The van der Waals surface area contributed by atoms with E-state index >= 15 is 0 Å². The highest BCUT2D eigenvalue weighted by molar-refractivity contribution is 8.32. The van der Waals surface area contributed by atoms with Gasteiger partial charge in [0.2, 0.25) is 0 Å². The molecule has 58 heavy (non-hydrogen) atoms. The van der Waals surface area contributed by atoms with Crippen LogP contribution in [0.3, 0.4) is 0 Å². The molecule has 8 aromatic rings. The van der Waals surface area contributed by atoms with E-state index in [9.17, 15) is 10.5 Å². The molecule has 0 aliphatic heterocycles. The molecule has 0 heterocycles. The minimum absolute atomic E-state index is 0.639. The lowest BCUT2D eigenvalue weighted by molar-refractivity contribution is 1.23. The van der Waals surface area contributed by atoms with E-state index in [1.54, 1.807) is 0 Å². The van der Waals surface area contributed by atoms with Crippen LogP contribution in [0.5, 0.6) is 0 Å². The van der Waals surface area contributed by atoms with Gasteiger partial charge in [0.25, 0.3) is 0 Å². The van der Waals surface area contributed by atoms with Crippen molar-refractivity contribution in [2.24, 2.45) is 0 Å². The van der Waals surface area contributed by atoms with Gasteiger partial charge in [-0.05, 0) is 181 Å². The molecule has 0 aliphatic rings. The molecule has 8 rings (SSSR count). The maximum Gasteiger partial charge on any atom is 0.0991 e. The van der Waals surface area contributed by atoms with Crippen molar-refractivity contribution in [3.05, 3.63) is 155 Å². The van der Waals surface area contributed by atoms with E-state index in [-0.39, 0.29) is 0 Å². The third kappa shape index (κ3) is 6.71. The van der Waals surface area contributed by atoms with Crippen LogP contribution in [0.15, 0.2) is 131 Å². The Labute approximate surface area is 346 Å². The van der Waals surface area contributed by atoms with Crippen molar-refractivity contribution in [2.45, 2.75) is 37.5 Å². The van der Waals surface area contributed by atoms with Crippen molar-refractivity contribution in [1.29, 1.82) is 10.5 Å². The summed E-state index contributed by atoms with van der Waals surface area (Å²) in [4.78, 5) is 7.56. The third-order valence-electron chi connectivity index (χ3n) is 11.3. The topological polar surface area (TPSA) is 54.1 Å². The van der Waals surface area contributed by atoms with E-state index in [0.29, 0.717) is 11.1 Å². The summed E-state index contributed by atoms with van der Waals surface area (Å²) in [6.45, 7) is 8.68. The molecule has 0 aromatic heterocycles. The molecule has 8 aromatic carbocycles. The largest absolute Gasteiger partial charge is 0.310 e. The predicted octanol–water partition coefficient (Wildman–Crippen LogP) is 14.6. The zero-order valence-corrected chi connectivity index (χ0v) is 36.8. The number of anilines is 6. The molecule has 0 bridgehead atoms. The number of benzene rings is 8. The number of aryl methyl sites for hydroxylation is 4. The first-order valence-corrected chi connectivity index (χ1v) is 25.2. The van der Waals surface area contributed by atoms with Gasteiger partial charge in [0, 0.05) is 44.3 Å². The van der Waals surface area contributed by atoms with Gasteiger partial charge < -0.3 is 9.80 Å². The minimum Gasteiger partial charge on any atom is -0.310 e. The number of hydrogen-bond donors (Lipinski definition) is 0. The molecule has 4 nitrogen and oxygen atoms in total. The average Bonchev–Trinajstić information content (AvgIpc) is 3.19. The summed E-state index contributed by atoms with van der Waals surface area (Å²) in [5.74, 6) is 0. The Morgan fingerprint density at radius 3 is 1.07 bits per heavy atom. The molecule has 0 fully saturated rings. The fourth-order valence-corrected chi connectivity index (χ4v) is 11.0. The Morgan fingerprint density at radius 2 is 0.741 bits per heavy atom. The Kier molecular flexibility index (Phi) is 9.72. The molecule has 0 atom stereocenters. The molecular weight excluding hydrogens is 745 g/mol. The third-order valence-corrected chi connectivity index (χ3v) is 14.6. The van der Waals surface area contributed by atoms with Crippen LogP contribution in [0.1, 0.15) is 33.4 Å². The van der Waals surface area contributed by atoms with Crippen molar-refractivity contribution < 1.29 is 0 Å². The zero-order chi connectivity index (χ0) is 41.3. The molecule has 6 heteroatoms. The van der Waals surface area contributed by atoms with Crippen molar-refractivity contribution in [2.75, 3.05) is 47.3 Å². The van der Waals surface area contributed by atoms with Crippen LogP contribution < -0.4 is 9.80 Å². The lowest BCUT2D eigenvalue weighted by Crippen LogP contribution is -2.14. The van der Waals surface area contributed by atoms with Crippen molar-refractivity contribution in [1.82, 2.24) is 0 Å². The van der Waals surface area contributed by atoms with E-state index in [1.165, 1.54) is 64.4 Å². The number of hydrogen-bond acceptors (Lipinski definition) is 4. The minimum atomic E-state index is -1.25. The van der Waals surface area contributed by atoms with Gasteiger partial charge >= 0.3 is 0 Å². The van der Waals surface area contributed by atoms with Crippen LogP contribution in [0, 0.1) is 50.4 Å². The first-order valence-electron chi connectivity index (χ1n) is 19.5. The van der Waals surface area contributed by atoms with E-state index in [0.717, 1.165) is 34.1 Å². The fourth-order valence-electron chi connectivity index (χ4n) is 8.38. The highest BCUT2D eigenvalue weighted by Gasteiger charge is 2.29. The van der Waals surface area contributed by atoms with Crippen molar-refractivity contribution in [3.63, 3.8) is 0 Å². The number of nitriles is 2. The van der Waals surface area contributed by atoms with Gasteiger partial charge in [-0.1, -0.05) is 48.5 Å². The van der Waals surface area contributed by atoms with Gasteiger partial charge in [-0.3, -0.25) is 0 Å². The molecule has 0 saturated carbocycles. The van der Waals surface area contributed by atoms with Gasteiger partial charge in [-0.15, -0.1) is 0 Å². The maximum atomic E-state index is 9.77. The second-order valence-corrected chi connectivity index (χ2v) is 25.3. The molecule has 0 amide bonds. The standard InChI is InChI=1S/C52H50N4S2/c1-33-11-13-35(3)45(27-33)55(39-19-15-37(31-53)16-20-39)47-29-49(57(5,6)7)43-26-24-42-48(30-50(58(8,9)10)44-25-23-41(47)51(43)52(42)44)56(40-21-17-38(32-54)18-22-40)46-28-34(2)12-14-36(46)4/h11-30H,1-10H3. The summed E-state index contributed by atoms with van der Waals surface area (Å²) in [5.41, 5.74) is 12.5. The molecule has 0 radical (unpaired) electrons. The van der Waals surface area contributed by atoms with Gasteiger partial charge in [-0.25, -0.2) is 20.1 Å². The SMILES string of the molecule is Cc1ccc(C)c(N(c2ccc(C#N)cc2)c2cc(S(C)(C)C)c3ccc4c(N(c5ccc(C#N)cc5)c5cc(C)ccc5C)cc(S(C)(C)C)c5ccc2c3c45)c1. The van der Waals surface area contributed by atoms with Gasteiger partial charge in [0.1, 0.15) is 0 Å². The quantitative estimate of drug-likeness (QED) is 0.144. The predicted molar refractivity (Wildman–Crippen MR) is 255 cm³/mol. The van der Waals surface area contributed by atoms with Crippen LogP contribution in [0.2, 0.25) is 0 Å². The number of rotatable bonds is 8. The molecular formula is C52H50N4S2. The lowest BCUT2D eigenvalue weighted by atomic mass is 9.91. The summed E-state index contributed by atoms with van der Waals surface area (Å²) in [5, 5.41) is 27.1. The Bertz CT molecular complexity index is 2770. The van der Waals surface area contributed by atoms with Gasteiger partial charge in [-0.2, -0.15) is 10.5 Å². The van der Waals surface area contributed by atoms with E-state index in [4.69, 9.17) is 0 Å². The summed E-state index contributed by atoms with van der Waals surface area (Å²) in [6, 6.07) is 48.4. The highest BCUT2D eigenvalue weighted by Crippen LogP contribution is 2.59. The molecule has 0 aliphatic carbocycles. The van der Waals surface area contributed by atoms with Crippen LogP contribution in [-0.2, 0) is 0 Å². The summed E-state index contributed by atoms with van der Waals surface area (Å²) >= 11 is 0. The molecule has 0 N–H and O–H groups in total. The second-order valence-electron chi connectivity index (χ2n) is 17.1. The van der Waals surface area contributed by atoms with Crippen LogP contribution in [0.25, 0.3) is 32.3 Å². The summed E-state index contributed by atoms with van der Waals surface area (Å²) in [6.07, 6.45) is 14.4. The monoisotopic (exact) mass is 794 g/mol. The van der Waals surface area contributed by atoms with Crippen LogP contribution >= 0.6 is 20.1 Å². The average molecular weight is 795 g/mol.